The van der Waals surface area contributed by atoms with Crippen molar-refractivity contribution < 1.29 is 0 Å². The molecule has 1 atom stereocenters. The largest absolute Gasteiger partial charge is 0.392 e. The third kappa shape index (κ3) is 3.74. The Morgan fingerprint density at radius 3 is 2.70 bits per heavy atom. The predicted molar refractivity (Wildman–Crippen MR) is 83.4 cm³/mol. The second-order valence-corrected chi connectivity index (χ2v) is 5.76. The van der Waals surface area contributed by atoms with Crippen molar-refractivity contribution in [2.24, 2.45) is 5.73 Å². The van der Waals surface area contributed by atoms with Crippen LogP contribution in [0, 0.1) is 0 Å². The zero-order chi connectivity index (χ0) is 14.5. The molecule has 0 bridgehead atoms. The summed E-state index contributed by atoms with van der Waals surface area (Å²) in [5.74, 6) is 1.06. The molecule has 2 N–H and O–H groups in total. The van der Waals surface area contributed by atoms with E-state index in [2.05, 4.69) is 33.7 Å². The molecule has 1 saturated heterocycles. The highest BCUT2D eigenvalue weighted by Crippen LogP contribution is 2.09. The fraction of sp³-hybridized carbons (Fsp3) is 0.769. The van der Waals surface area contributed by atoms with E-state index in [0.717, 1.165) is 51.5 Å². The van der Waals surface area contributed by atoms with Crippen molar-refractivity contribution in [2.75, 3.05) is 26.2 Å². The van der Waals surface area contributed by atoms with E-state index in [0.29, 0.717) is 4.99 Å². The van der Waals surface area contributed by atoms with Crippen LogP contribution < -0.4 is 5.73 Å². The minimum absolute atomic E-state index is 0.191. The molecule has 0 spiro atoms. The van der Waals surface area contributed by atoms with E-state index in [1.165, 1.54) is 0 Å². The molecule has 0 radical (unpaired) electrons. The Labute approximate surface area is 125 Å². The van der Waals surface area contributed by atoms with E-state index in [-0.39, 0.29) is 6.04 Å². The van der Waals surface area contributed by atoms with Gasteiger partial charge in [-0.05, 0) is 13.3 Å². The molecule has 0 saturated carbocycles. The first-order valence-electron chi connectivity index (χ1n) is 7.24. The predicted octanol–water partition coefficient (Wildman–Crippen LogP) is 0.480. The molecule has 20 heavy (non-hydrogen) atoms. The van der Waals surface area contributed by atoms with Crippen molar-refractivity contribution in [1.29, 1.82) is 0 Å². The van der Waals surface area contributed by atoms with Crippen molar-refractivity contribution in [3.63, 3.8) is 0 Å². The molecule has 0 aromatic carbocycles. The molecule has 2 rings (SSSR count). The van der Waals surface area contributed by atoms with Gasteiger partial charge in [-0.15, -0.1) is 0 Å². The van der Waals surface area contributed by atoms with Gasteiger partial charge >= 0.3 is 0 Å². The van der Waals surface area contributed by atoms with Crippen LogP contribution in [0.1, 0.15) is 26.1 Å². The Morgan fingerprint density at radius 1 is 1.40 bits per heavy atom. The van der Waals surface area contributed by atoms with Gasteiger partial charge < -0.3 is 5.73 Å². The summed E-state index contributed by atoms with van der Waals surface area (Å²) in [6.07, 6.45) is 2.73. The number of piperazine rings is 1. The molecule has 1 unspecified atom stereocenters. The topological polar surface area (TPSA) is 63.2 Å². The van der Waals surface area contributed by atoms with Crippen molar-refractivity contribution in [3.05, 3.63) is 12.2 Å². The maximum atomic E-state index is 5.72. The van der Waals surface area contributed by atoms with E-state index in [9.17, 15) is 0 Å². The van der Waals surface area contributed by atoms with Crippen LogP contribution in [-0.2, 0) is 13.1 Å². The third-order valence-corrected chi connectivity index (χ3v) is 4.20. The first kappa shape index (κ1) is 15.3. The lowest BCUT2D eigenvalue weighted by atomic mass is 10.2. The molecular formula is C13H24N6S. The minimum atomic E-state index is 0.191. The Bertz CT molecular complexity index is 438. The Hall–Kier alpha value is -1.05. The van der Waals surface area contributed by atoms with Gasteiger partial charge in [0, 0.05) is 32.7 Å². The summed E-state index contributed by atoms with van der Waals surface area (Å²) >= 11 is 5.07. The Balaban J connectivity index is 1.85. The zero-order valence-corrected chi connectivity index (χ0v) is 13.1. The maximum absolute atomic E-state index is 5.72. The summed E-state index contributed by atoms with van der Waals surface area (Å²) < 4.78 is 2.00. The highest BCUT2D eigenvalue weighted by molar-refractivity contribution is 7.80. The average Bonchev–Trinajstić information content (AvgIpc) is 2.86. The van der Waals surface area contributed by atoms with Gasteiger partial charge in [-0.25, -0.2) is 9.67 Å². The minimum Gasteiger partial charge on any atom is -0.392 e. The molecule has 0 amide bonds. The molecule has 0 aliphatic carbocycles. The van der Waals surface area contributed by atoms with Crippen LogP contribution in [0.2, 0.25) is 0 Å². The Morgan fingerprint density at radius 2 is 2.10 bits per heavy atom. The van der Waals surface area contributed by atoms with E-state index in [1.54, 1.807) is 6.33 Å². The fourth-order valence-corrected chi connectivity index (χ4v) is 2.65. The summed E-state index contributed by atoms with van der Waals surface area (Å²) in [5, 5.41) is 4.27. The zero-order valence-electron chi connectivity index (χ0n) is 12.3. The Kier molecular flexibility index (Phi) is 5.45. The maximum Gasteiger partial charge on any atom is 0.141 e. The molecule has 1 fully saturated rings. The molecule has 1 aromatic heterocycles. The lowest BCUT2D eigenvalue weighted by molar-refractivity contribution is 0.114. The average molecular weight is 296 g/mol. The third-order valence-electron chi connectivity index (χ3n) is 3.86. The second-order valence-electron chi connectivity index (χ2n) is 5.29. The lowest BCUT2D eigenvalue weighted by Gasteiger charge is -2.37. The van der Waals surface area contributed by atoms with Crippen molar-refractivity contribution in [1.82, 2.24) is 24.6 Å². The number of aromatic nitrogens is 3. The van der Waals surface area contributed by atoms with Gasteiger partial charge in [-0.2, -0.15) is 5.10 Å². The summed E-state index contributed by atoms with van der Waals surface area (Å²) in [7, 11) is 0. The first-order chi connectivity index (χ1) is 9.61. The number of hydrogen-bond donors (Lipinski definition) is 1. The van der Waals surface area contributed by atoms with Crippen molar-refractivity contribution >= 4 is 17.2 Å². The molecule has 2 heterocycles. The monoisotopic (exact) mass is 296 g/mol. The molecule has 1 aromatic rings. The van der Waals surface area contributed by atoms with Gasteiger partial charge in [-0.3, -0.25) is 9.80 Å². The second kappa shape index (κ2) is 7.10. The van der Waals surface area contributed by atoms with Crippen LogP contribution in [0.4, 0.5) is 0 Å². The van der Waals surface area contributed by atoms with Gasteiger partial charge in [0.2, 0.25) is 0 Å². The normalized spacial score (nSPS) is 19.1. The van der Waals surface area contributed by atoms with Crippen LogP contribution in [0.15, 0.2) is 6.33 Å². The standard InChI is InChI=1S/C13H24N6S/c1-3-4-19-12(15-10-16-19)9-17-5-7-18(8-6-17)11(2)13(14)20/h10-11H,3-9H2,1-2H3,(H2,14,20). The molecule has 1 aliphatic heterocycles. The summed E-state index contributed by atoms with van der Waals surface area (Å²) in [5.41, 5.74) is 5.72. The number of hydrogen-bond acceptors (Lipinski definition) is 5. The quantitative estimate of drug-likeness (QED) is 0.771. The van der Waals surface area contributed by atoms with Gasteiger partial charge in [0.05, 0.1) is 17.6 Å². The van der Waals surface area contributed by atoms with Gasteiger partial charge in [0.1, 0.15) is 12.2 Å². The number of thiocarbonyl (C=S) groups is 1. The van der Waals surface area contributed by atoms with Crippen LogP contribution in [0.25, 0.3) is 0 Å². The SMILES string of the molecule is CCCn1ncnc1CN1CCN(C(C)C(N)=S)CC1. The molecule has 7 heteroatoms. The molecular weight excluding hydrogens is 272 g/mol. The van der Waals surface area contributed by atoms with E-state index >= 15 is 0 Å². The van der Waals surface area contributed by atoms with E-state index in [1.807, 2.05) is 4.68 Å². The van der Waals surface area contributed by atoms with E-state index in [4.69, 9.17) is 18.0 Å². The summed E-state index contributed by atoms with van der Waals surface area (Å²) in [6, 6.07) is 0.191. The van der Waals surface area contributed by atoms with Crippen LogP contribution in [0.3, 0.4) is 0 Å². The number of rotatable bonds is 6. The van der Waals surface area contributed by atoms with Gasteiger partial charge in [0.15, 0.2) is 0 Å². The fourth-order valence-electron chi connectivity index (χ4n) is 2.50. The highest BCUT2D eigenvalue weighted by atomic mass is 32.1. The van der Waals surface area contributed by atoms with E-state index < -0.39 is 0 Å². The molecule has 6 nitrogen and oxygen atoms in total. The summed E-state index contributed by atoms with van der Waals surface area (Å²) in [6.45, 7) is 10.1. The van der Waals surface area contributed by atoms with Gasteiger partial charge in [0.25, 0.3) is 0 Å². The van der Waals surface area contributed by atoms with Crippen molar-refractivity contribution in [3.8, 4) is 0 Å². The molecule has 112 valence electrons. The summed E-state index contributed by atoms with van der Waals surface area (Å²) in [4.78, 5) is 9.71. The lowest BCUT2D eigenvalue weighted by Crippen LogP contribution is -2.52. The van der Waals surface area contributed by atoms with Crippen LogP contribution in [0.5, 0.6) is 0 Å². The number of nitrogens with two attached hydrogens (primary N) is 1. The van der Waals surface area contributed by atoms with Crippen molar-refractivity contribution in [2.45, 2.75) is 39.4 Å². The number of nitrogens with zero attached hydrogens (tertiary/aromatic N) is 5. The number of aryl methyl sites for hydroxylation is 1. The van der Waals surface area contributed by atoms with Crippen LogP contribution in [-0.4, -0.2) is 61.8 Å². The smallest absolute Gasteiger partial charge is 0.141 e. The highest BCUT2D eigenvalue weighted by Gasteiger charge is 2.23. The first-order valence-corrected chi connectivity index (χ1v) is 7.65. The van der Waals surface area contributed by atoms with Gasteiger partial charge in [-0.1, -0.05) is 19.1 Å². The van der Waals surface area contributed by atoms with Crippen LogP contribution >= 0.6 is 12.2 Å². The molecule has 1 aliphatic rings.